The second-order valence-electron chi connectivity index (χ2n) is 13.4. The lowest BCUT2D eigenvalue weighted by atomic mass is 9.60. The molecule has 0 heterocycles. The van der Waals surface area contributed by atoms with E-state index < -0.39 is 28.6 Å². The SMILES string of the molecule is CCCCCCCCCCCC(=O)O[C@]12C[C@H](C)[C@]3(O)[C@H](C=C(CO)C[C@]4(O)C(=O)C(C)=C[C@@H]34)[C@H]1C2(C)C. The number of aliphatic hydroxyl groups is 3. The Bertz CT molecular complexity index is 980. The average molecular weight is 531 g/mol. The number of ketones is 1. The number of esters is 1. The first-order chi connectivity index (χ1) is 17.9. The second kappa shape index (κ2) is 10.8. The number of carbonyl (C=O) groups is 2. The van der Waals surface area contributed by atoms with Gasteiger partial charge in [-0.25, -0.2) is 0 Å². The lowest BCUT2D eigenvalue weighted by molar-refractivity contribution is -0.187. The molecule has 0 radical (unpaired) electrons. The Morgan fingerprint density at radius 3 is 2.24 bits per heavy atom. The highest BCUT2D eigenvalue weighted by molar-refractivity contribution is 6.04. The van der Waals surface area contributed by atoms with E-state index in [1.165, 1.54) is 38.5 Å². The number of Topliss-reactive ketones (excluding diaryl/α,β-unsaturated/α-hetero) is 1. The Morgan fingerprint density at radius 1 is 1.03 bits per heavy atom. The Hall–Kier alpha value is -1.50. The zero-order valence-corrected chi connectivity index (χ0v) is 24.2. The molecule has 0 bridgehead atoms. The van der Waals surface area contributed by atoms with Gasteiger partial charge in [-0.1, -0.05) is 91.2 Å². The first-order valence-corrected chi connectivity index (χ1v) is 15.1. The van der Waals surface area contributed by atoms with Gasteiger partial charge in [0.15, 0.2) is 5.78 Å². The van der Waals surface area contributed by atoms with Crippen molar-refractivity contribution in [3.8, 4) is 0 Å². The Labute approximate surface area is 228 Å². The molecular formula is C32H50O6. The van der Waals surface area contributed by atoms with E-state index >= 15 is 0 Å². The quantitative estimate of drug-likeness (QED) is 0.177. The van der Waals surface area contributed by atoms with Crippen LogP contribution >= 0.6 is 0 Å². The molecule has 6 heteroatoms. The normalized spacial score (nSPS) is 38.9. The van der Waals surface area contributed by atoms with Crippen LogP contribution in [0.1, 0.15) is 112 Å². The lowest BCUT2D eigenvalue weighted by Crippen LogP contribution is -2.61. The fourth-order valence-electron chi connectivity index (χ4n) is 8.43. The summed E-state index contributed by atoms with van der Waals surface area (Å²) in [6, 6.07) is 0. The highest BCUT2D eigenvalue weighted by Gasteiger charge is 2.83. The summed E-state index contributed by atoms with van der Waals surface area (Å²) >= 11 is 0. The minimum absolute atomic E-state index is 0.00487. The fraction of sp³-hybridized carbons (Fsp3) is 0.812. The monoisotopic (exact) mass is 530 g/mol. The van der Waals surface area contributed by atoms with Gasteiger partial charge >= 0.3 is 5.97 Å². The van der Waals surface area contributed by atoms with E-state index in [-0.39, 0.29) is 42.0 Å². The van der Waals surface area contributed by atoms with Gasteiger partial charge in [-0.2, -0.15) is 0 Å². The maximum absolute atomic E-state index is 13.1. The summed E-state index contributed by atoms with van der Waals surface area (Å²) in [6.45, 7) is 9.74. The summed E-state index contributed by atoms with van der Waals surface area (Å²) in [5.74, 6) is -2.25. The van der Waals surface area contributed by atoms with E-state index in [1.807, 2.05) is 13.0 Å². The van der Waals surface area contributed by atoms with Crippen molar-refractivity contribution < 1.29 is 29.6 Å². The Kier molecular flexibility index (Phi) is 8.39. The lowest BCUT2D eigenvalue weighted by Gasteiger charge is -2.50. The number of aliphatic hydroxyl groups excluding tert-OH is 1. The van der Waals surface area contributed by atoms with E-state index in [1.54, 1.807) is 13.0 Å². The first kappa shape index (κ1) is 29.5. The van der Waals surface area contributed by atoms with Crippen LogP contribution in [-0.2, 0) is 14.3 Å². The third-order valence-corrected chi connectivity index (χ3v) is 10.7. The number of unbranched alkanes of at least 4 members (excludes halogenated alkanes) is 8. The van der Waals surface area contributed by atoms with Gasteiger partial charge in [-0.3, -0.25) is 9.59 Å². The van der Waals surface area contributed by atoms with Crippen molar-refractivity contribution in [1.82, 2.24) is 0 Å². The Morgan fingerprint density at radius 2 is 1.63 bits per heavy atom. The van der Waals surface area contributed by atoms with Crippen molar-refractivity contribution in [3.63, 3.8) is 0 Å². The zero-order valence-electron chi connectivity index (χ0n) is 24.2. The number of carbonyl (C=O) groups excluding carboxylic acids is 2. The van der Waals surface area contributed by atoms with Crippen LogP contribution in [0.3, 0.4) is 0 Å². The van der Waals surface area contributed by atoms with Crippen LogP contribution in [0.25, 0.3) is 0 Å². The average Bonchev–Trinajstić information content (AvgIpc) is 3.26. The van der Waals surface area contributed by atoms with Crippen LogP contribution in [0, 0.1) is 29.1 Å². The molecule has 2 fully saturated rings. The molecule has 0 aromatic heterocycles. The van der Waals surface area contributed by atoms with Gasteiger partial charge in [-0.15, -0.1) is 0 Å². The Balaban J connectivity index is 1.45. The third kappa shape index (κ3) is 4.62. The van der Waals surface area contributed by atoms with E-state index in [0.29, 0.717) is 24.0 Å². The zero-order chi connectivity index (χ0) is 27.9. The molecule has 2 saturated carbocycles. The molecule has 0 aromatic carbocycles. The van der Waals surface area contributed by atoms with E-state index in [4.69, 9.17) is 4.74 Å². The molecule has 4 aliphatic rings. The molecule has 6 nitrogen and oxygen atoms in total. The van der Waals surface area contributed by atoms with Gasteiger partial charge in [0.25, 0.3) is 0 Å². The molecule has 3 N–H and O–H groups in total. The van der Waals surface area contributed by atoms with Crippen molar-refractivity contribution in [2.24, 2.45) is 29.1 Å². The molecule has 7 atom stereocenters. The van der Waals surface area contributed by atoms with Gasteiger partial charge in [0.2, 0.25) is 0 Å². The van der Waals surface area contributed by atoms with Gasteiger partial charge in [0.1, 0.15) is 11.2 Å². The molecular weight excluding hydrogens is 480 g/mol. The number of rotatable bonds is 12. The van der Waals surface area contributed by atoms with Crippen LogP contribution in [-0.4, -0.2) is 50.5 Å². The first-order valence-electron chi connectivity index (χ1n) is 15.1. The standard InChI is InChI=1S/C32H50O6/c1-6-7-8-9-10-11-12-13-14-15-26(34)38-31-18-22(3)32(37)24(27(31)29(31,4)5)17-23(20-33)19-30(36)25(32)16-21(2)28(30)35/h16-17,22,24-25,27,33,36-37H,6-15,18-20H2,1-5H3/t22-,24+,25+,27-,30+,31+,32-/m0/s1. The van der Waals surface area contributed by atoms with Crippen molar-refractivity contribution in [2.75, 3.05) is 6.61 Å². The van der Waals surface area contributed by atoms with Crippen LogP contribution in [0.4, 0.5) is 0 Å². The van der Waals surface area contributed by atoms with Crippen molar-refractivity contribution in [1.29, 1.82) is 0 Å². The summed E-state index contributed by atoms with van der Waals surface area (Å²) in [5, 5.41) is 34.1. The fourth-order valence-corrected chi connectivity index (χ4v) is 8.43. The highest BCUT2D eigenvalue weighted by atomic mass is 16.6. The molecule has 214 valence electrons. The van der Waals surface area contributed by atoms with Gasteiger partial charge in [0, 0.05) is 36.0 Å². The number of hydrogen-bond acceptors (Lipinski definition) is 6. The van der Waals surface area contributed by atoms with E-state index in [0.717, 1.165) is 19.3 Å². The van der Waals surface area contributed by atoms with Crippen LogP contribution in [0.2, 0.25) is 0 Å². The van der Waals surface area contributed by atoms with Gasteiger partial charge in [0.05, 0.1) is 12.2 Å². The van der Waals surface area contributed by atoms with Crippen molar-refractivity contribution >= 4 is 11.8 Å². The molecule has 0 unspecified atom stereocenters. The highest BCUT2D eigenvalue weighted by Crippen LogP contribution is 2.76. The van der Waals surface area contributed by atoms with Gasteiger partial charge < -0.3 is 20.1 Å². The van der Waals surface area contributed by atoms with Crippen LogP contribution < -0.4 is 0 Å². The maximum Gasteiger partial charge on any atom is 0.306 e. The topological polar surface area (TPSA) is 104 Å². The molecule has 38 heavy (non-hydrogen) atoms. The minimum Gasteiger partial charge on any atom is -0.458 e. The largest absolute Gasteiger partial charge is 0.458 e. The van der Waals surface area contributed by atoms with Crippen LogP contribution in [0.5, 0.6) is 0 Å². The molecule has 0 saturated heterocycles. The molecule has 0 aliphatic heterocycles. The van der Waals surface area contributed by atoms with E-state index in [9.17, 15) is 24.9 Å². The smallest absolute Gasteiger partial charge is 0.306 e. The van der Waals surface area contributed by atoms with Gasteiger partial charge in [-0.05, 0) is 36.8 Å². The maximum atomic E-state index is 13.1. The van der Waals surface area contributed by atoms with Crippen LogP contribution in [0.15, 0.2) is 23.3 Å². The molecule has 4 rings (SSSR count). The summed E-state index contributed by atoms with van der Waals surface area (Å²) in [5.41, 5.74) is -3.20. The molecule has 4 aliphatic carbocycles. The summed E-state index contributed by atoms with van der Waals surface area (Å²) < 4.78 is 6.31. The van der Waals surface area contributed by atoms with E-state index in [2.05, 4.69) is 20.8 Å². The summed E-state index contributed by atoms with van der Waals surface area (Å²) in [6.07, 6.45) is 15.2. The third-order valence-electron chi connectivity index (χ3n) is 10.7. The predicted octanol–water partition coefficient (Wildman–Crippen LogP) is 5.43. The van der Waals surface area contributed by atoms with Crippen molar-refractivity contribution in [2.45, 2.75) is 128 Å². The number of fused-ring (bicyclic) bond motifs is 5. The summed E-state index contributed by atoms with van der Waals surface area (Å²) in [4.78, 5) is 26.1. The second-order valence-corrected chi connectivity index (χ2v) is 13.4. The minimum atomic E-state index is -1.76. The molecule has 0 aromatic rings. The predicted molar refractivity (Wildman–Crippen MR) is 147 cm³/mol. The molecule has 0 spiro atoms. The summed E-state index contributed by atoms with van der Waals surface area (Å²) in [7, 11) is 0. The number of hydrogen-bond donors (Lipinski definition) is 3. The number of ether oxygens (including phenoxy) is 1. The van der Waals surface area contributed by atoms with Crippen molar-refractivity contribution in [3.05, 3.63) is 23.3 Å². The molecule has 0 amide bonds.